The van der Waals surface area contributed by atoms with Crippen LogP contribution < -0.4 is 0 Å². The summed E-state index contributed by atoms with van der Waals surface area (Å²) >= 11 is 0. The van der Waals surface area contributed by atoms with Gasteiger partial charge in [-0.2, -0.15) is 0 Å². The van der Waals surface area contributed by atoms with E-state index >= 15 is 0 Å². The van der Waals surface area contributed by atoms with Crippen LogP contribution in [0.2, 0.25) is 0 Å². The average Bonchev–Trinajstić information content (AvgIpc) is 3.15. The first-order chi connectivity index (χ1) is 10.7. The molecule has 1 aromatic heterocycles. The zero-order chi connectivity index (χ0) is 15.9. The molecule has 1 aliphatic heterocycles. The number of aliphatic hydroxyl groups excluding tert-OH is 1. The molecule has 1 unspecified atom stereocenters. The van der Waals surface area contributed by atoms with Gasteiger partial charge in [-0.15, -0.1) is 5.10 Å². The van der Waals surface area contributed by atoms with E-state index in [0.717, 1.165) is 12.8 Å². The summed E-state index contributed by atoms with van der Waals surface area (Å²) in [4.78, 5) is 22.5. The van der Waals surface area contributed by atoms with Gasteiger partial charge in [0.05, 0.1) is 18.8 Å². The third kappa shape index (κ3) is 3.77. The highest BCUT2D eigenvalue weighted by Gasteiger charge is 2.42. The third-order valence-corrected chi connectivity index (χ3v) is 3.90. The molecule has 2 N–H and O–H groups in total. The molecular formula is C12H19N5O5. The Morgan fingerprint density at radius 1 is 1.45 bits per heavy atom. The molecule has 0 spiro atoms. The van der Waals surface area contributed by atoms with E-state index in [0.29, 0.717) is 13.2 Å². The highest BCUT2D eigenvalue weighted by Crippen LogP contribution is 2.34. The fourth-order valence-corrected chi connectivity index (χ4v) is 2.99. The first-order valence-electron chi connectivity index (χ1n) is 7.00. The number of hydrogen-bond acceptors (Lipinski definition) is 7. The van der Waals surface area contributed by atoms with Crippen molar-refractivity contribution in [2.75, 3.05) is 19.8 Å². The molecule has 2 heterocycles. The summed E-state index contributed by atoms with van der Waals surface area (Å²) in [5.41, 5.74) is 0. The number of aromatic nitrogens is 4. The molecule has 1 saturated heterocycles. The molecule has 2 aliphatic rings. The second-order valence-electron chi connectivity index (χ2n) is 5.20. The molecule has 122 valence electrons. The summed E-state index contributed by atoms with van der Waals surface area (Å²) in [6.07, 6.45) is 3.13. The Bertz CT molecular complexity index is 482. The van der Waals surface area contributed by atoms with Crippen LogP contribution in [0.25, 0.3) is 0 Å². The predicted octanol–water partition coefficient (Wildman–Crippen LogP) is -1.63. The van der Waals surface area contributed by atoms with E-state index in [1.807, 2.05) is 4.90 Å². The lowest BCUT2D eigenvalue weighted by Crippen LogP contribution is -2.52. The van der Waals surface area contributed by atoms with Gasteiger partial charge >= 0.3 is 0 Å². The normalized spacial score (nSPS) is 26.8. The Morgan fingerprint density at radius 2 is 2.23 bits per heavy atom. The summed E-state index contributed by atoms with van der Waals surface area (Å²) < 4.78 is 7.12. The Labute approximate surface area is 126 Å². The van der Waals surface area contributed by atoms with E-state index in [9.17, 15) is 9.90 Å². The number of ether oxygens (including phenoxy) is 1. The molecule has 0 bridgehead atoms. The lowest BCUT2D eigenvalue weighted by atomic mass is 10.1. The molecule has 1 saturated carbocycles. The molecule has 10 nitrogen and oxygen atoms in total. The van der Waals surface area contributed by atoms with Crippen molar-refractivity contribution in [2.45, 2.75) is 31.5 Å². The number of aliphatic hydroxyl groups is 1. The summed E-state index contributed by atoms with van der Waals surface area (Å²) in [5.74, 6) is 0.237. The van der Waals surface area contributed by atoms with Crippen LogP contribution in [-0.4, -0.2) is 79.6 Å². The highest BCUT2D eigenvalue weighted by atomic mass is 16.5. The minimum atomic E-state index is -0.250. The third-order valence-electron chi connectivity index (χ3n) is 3.90. The summed E-state index contributed by atoms with van der Waals surface area (Å²) in [5, 5.41) is 26.9. The number of carbonyl (C=O) groups is 2. The van der Waals surface area contributed by atoms with E-state index in [1.165, 1.54) is 11.0 Å². The van der Waals surface area contributed by atoms with Crippen molar-refractivity contribution in [3.8, 4) is 0 Å². The second kappa shape index (κ2) is 7.80. The van der Waals surface area contributed by atoms with E-state index in [-0.39, 0.29) is 43.6 Å². The maximum atomic E-state index is 12.3. The van der Waals surface area contributed by atoms with Gasteiger partial charge in [0.25, 0.3) is 6.47 Å². The molecule has 10 heteroatoms. The summed E-state index contributed by atoms with van der Waals surface area (Å²) in [6, 6.07) is 0.0786. The van der Waals surface area contributed by atoms with Gasteiger partial charge in [-0.1, -0.05) is 0 Å². The number of fused-ring (bicyclic) bond motifs is 1. The fourth-order valence-electron chi connectivity index (χ4n) is 2.99. The number of morpholine rings is 1. The van der Waals surface area contributed by atoms with Crippen molar-refractivity contribution in [1.82, 2.24) is 25.1 Å². The Kier molecular flexibility index (Phi) is 5.78. The number of rotatable bonds is 3. The molecule has 1 aromatic rings. The minimum Gasteiger partial charge on any atom is -0.483 e. The van der Waals surface area contributed by atoms with Gasteiger partial charge in [-0.05, 0) is 29.2 Å². The molecule has 3 atom stereocenters. The van der Waals surface area contributed by atoms with Crippen LogP contribution in [0.3, 0.4) is 0 Å². The van der Waals surface area contributed by atoms with Crippen LogP contribution in [-0.2, 0) is 20.9 Å². The van der Waals surface area contributed by atoms with Gasteiger partial charge in [0.2, 0.25) is 5.91 Å². The Hall–Kier alpha value is -2.07. The number of amides is 1. The quantitative estimate of drug-likeness (QED) is 0.636. The molecule has 22 heavy (non-hydrogen) atoms. The van der Waals surface area contributed by atoms with Gasteiger partial charge in [0.15, 0.2) is 0 Å². The Balaban J connectivity index is 0.000000545. The van der Waals surface area contributed by atoms with Crippen LogP contribution in [0.5, 0.6) is 0 Å². The van der Waals surface area contributed by atoms with E-state index < -0.39 is 0 Å². The van der Waals surface area contributed by atoms with Crippen molar-refractivity contribution in [1.29, 1.82) is 0 Å². The molecule has 0 radical (unpaired) electrons. The topological polar surface area (TPSA) is 131 Å². The minimum absolute atomic E-state index is 0.00388. The van der Waals surface area contributed by atoms with Crippen LogP contribution >= 0.6 is 0 Å². The maximum Gasteiger partial charge on any atom is 0.290 e. The molecule has 1 aliphatic carbocycles. The lowest BCUT2D eigenvalue weighted by Gasteiger charge is -2.37. The molecule has 3 rings (SSSR count). The van der Waals surface area contributed by atoms with Crippen molar-refractivity contribution in [2.24, 2.45) is 5.92 Å². The van der Waals surface area contributed by atoms with Gasteiger partial charge in [0.1, 0.15) is 12.9 Å². The van der Waals surface area contributed by atoms with Crippen LogP contribution in [0.1, 0.15) is 12.8 Å². The first-order valence-corrected chi connectivity index (χ1v) is 7.00. The van der Waals surface area contributed by atoms with E-state index in [4.69, 9.17) is 14.6 Å². The van der Waals surface area contributed by atoms with Crippen LogP contribution in [0.4, 0.5) is 0 Å². The lowest BCUT2D eigenvalue weighted by molar-refractivity contribution is -0.144. The van der Waals surface area contributed by atoms with Gasteiger partial charge in [-0.3, -0.25) is 9.59 Å². The molecular weight excluding hydrogens is 294 g/mol. The zero-order valence-corrected chi connectivity index (χ0v) is 12.0. The number of carboxylic acid groups (broad SMARTS) is 1. The average molecular weight is 313 g/mol. The second-order valence-corrected chi connectivity index (χ2v) is 5.20. The fraction of sp³-hybridized carbons (Fsp3) is 0.750. The predicted molar refractivity (Wildman–Crippen MR) is 71.6 cm³/mol. The van der Waals surface area contributed by atoms with Crippen molar-refractivity contribution in [3.05, 3.63) is 6.33 Å². The molecule has 1 amide bonds. The standard InChI is InChI=1S/C11H17N5O3.CH2O2/c17-6-8-3-9-10(4-8)19-2-1-16(9)11(18)5-15-7-12-13-14-15;2-1-3/h7-10,17H,1-6H2;1H,(H,2,3)/t8-,9+,10?;/m1./s1. The van der Waals surface area contributed by atoms with Crippen molar-refractivity contribution >= 4 is 12.4 Å². The smallest absolute Gasteiger partial charge is 0.290 e. The van der Waals surface area contributed by atoms with Gasteiger partial charge in [0, 0.05) is 13.2 Å². The summed E-state index contributed by atoms with van der Waals surface area (Å²) in [7, 11) is 0. The number of nitrogens with zero attached hydrogens (tertiary/aromatic N) is 5. The van der Waals surface area contributed by atoms with Crippen LogP contribution in [0.15, 0.2) is 6.33 Å². The number of hydrogen-bond donors (Lipinski definition) is 2. The van der Waals surface area contributed by atoms with E-state index in [2.05, 4.69) is 15.5 Å². The largest absolute Gasteiger partial charge is 0.483 e. The molecule has 0 aromatic carbocycles. The Morgan fingerprint density at radius 3 is 2.86 bits per heavy atom. The van der Waals surface area contributed by atoms with E-state index in [1.54, 1.807) is 0 Å². The summed E-state index contributed by atoms with van der Waals surface area (Å²) in [6.45, 7) is 1.21. The number of tetrazole rings is 1. The molecule has 2 fully saturated rings. The monoisotopic (exact) mass is 313 g/mol. The maximum absolute atomic E-state index is 12.3. The van der Waals surface area contributed by atoms with Crippen LogP contribution in [0, 0.1) is 5.92 Å². The zero-order valence-electron chi connectivity index (χ0n) is 12.0. The van der Waals surface area contributed by atoms with Gasteiger partial charge in [-0.25, -0.2) is 4.68 Å². The highest BCUT2D eigenvalue weighted by molar-refractivity contribution is 5.76. The number of carbonyl (C=O) groups excluding carboxylic acids is 1. The SMILES string of the molecule is O=C(Cn1cnnn1)N1CCOC2C[C@H](CO)C[C@@H]21.O=CO. The van der Waals surface area contributed by atoms with Crippen molar-refractivity contribution < 1.29 is 24.5 Å². The van der Waals surface area contributed by atoms with Gasteiger partial charge < -0.3 is 19.8 Å². The van der Waals surface area contributed by atoms with Crippen molar-refractivity contribution in [3.63, 3.8) is 0 Å². The first kappa shape index (κ1) is 16.3.